The van der Waals surface area contributed by atoms with Crippen LogP contribution in [0.25, 0.3) is 10.5 Å². The van der Waals surface area contributed by atoms with Crippen molar-refractivity contribution in [3.8, 4) is 17.4 Å². The Hall–Kier alpha value is -2.66. The van der Waals surface area contributed by atoms with Gasteiger partial charge in [0, 0.05) is 0 Å². The van der Waals surface area contributed by atoms with E-state index in [0.29, 0.717) is 24.0 Å². The predicted octanol–water partition coefficient (Wildman–Crippen LogP) is 4.71. The fourth-order valence-electron chi connectivity index (χ4n) is 4.21. The molecule has 1 aromatic heterocycles. The molecule has 136 valence electrons. The van der Waals surface area contributed by atoms with Crippen molar-refractivity contribution in [1.29, 1.82) is 0 Å². The van der Waals surface area contributed by atoms with Gasteiger partial charge in [0.15, 0.2) is 5.69 Å². The SMILES string of the molecule is [C-]#[N+]c1ccc(-n2c(O)c3c(c2O)C2(C)CCC3(C)O2)cc1C(F)(F)F. The van der Waals surface area contributed by atoms with Crippen LogP contribution in [0, 0.1) is 6.57 Å². The molecule has 0 radical (unpaired) electrons. The zero-order chi connectivity index (χ0) is 19.1. The summed E-state index contributed by atoms with van der Waals surface area (Å²) in [5, 5.41) is 21.4. The average molecular weight is 364 g/mol. The molecule has 5 nitrogen and oxygen atoms in total. The van der Waals surface area contributed by atoms with Crippen LogP contribution in [-0.4, -0.2) is 14.8 Å². The maximum Gasteiger partial charge on any atom is 0.407 e. The normalized spacial score (nSPS) is 26.8. The summed E-state index contributed by atoms with van der Waals surface area (Å²) >= 11 is 0. The van der Waals surface area contributed by atoms with Gasteiger partial charge >= 0.3 is 6.18 Å². The standard InChI is InChI=1S/C18H15F3N2O3/c1-16-6-7-17(2,26-16)13-12(16)14(24)23(15(13)25)9-4-5-11(22-3)10(8-9)18(19,20)21/h4-5,8,24-25H,6-7H2,1-2H3. The fraction of sp³-hybridized carbons (Fsp3) is 0.389. The number of benzene rings is 1. The monoisotopic (exact) mass is 364 g/mol. The minimum Gasteiger partial charge on any atom is -0.494 e. The molecule has 3 heterocycles. The Morgan fingerprint density at radius 2 is 1.65 bits per heavy atom. The smallest absolute Gasteiger partial charge is 0.407 e. The third-order valence-electron chi connectivity index (χ3n) is 5.37. The van der Waals surface area contributed by atoms with Gasteiger partial charge in [0.05, 0.1) is 40.2 Å². The van der Waals surface area contributed by atoms with Crippen molar-refractivity contribution in [2.75, 3.05) is 0 Å². The molecule has 0 amide bonds. The summed E-state index contributed by atoms with van der Waals surface area (Å²) in [6.07, 6.45) is -3.45. The van der Waals surface area contributed by atoms with Crippen LogP contribution in [0.1, 0.15) is 43.4 Å². The molecule has 0 aliphatic carbocycles. The highest BCUT2D eigenvalue weighted by Crippen LogP contribution is 2.64. The van der Waals surface area contributed by atoms with Gasteiger partial charge in [-0.1, -0.05) is 6.07 Å². The molecule has 8 heteroatoms. The molecule has 26 heavy (non-hydrogen) atoms. The van der Waals surface area contributed by atoms with Crippen molar-refractivity contribution >= 4 is 5.69 Å². The van der Waals surface area contributed by atoms with E-state index in [1.54, 1.807) is 13.8 Å². The van der Waals surface area contributed by atoms with Crippen LogP contribution < -0.4 is 0 Å². The molecule has 2 unspecified atom stereocenters. The first-order valence-electron chi connectivity index (χ1n) is 7.99. The van der Waals surface area contributed by atoms with E-state index in [9.17, 15) is 23.4 Å². The highest BCUT2D eigenvalue weighted by Gasteiger charge is 2.59. The van der Waals surface area contributed by atoms with Crippen molar-refractivity contribution in [2.24, 2.45) is 0 Å². The molecular weight excluding hydrogens is 349 g/mol. The summed E-state index contributed by atoms with van der Waals surface area (Å²) in [6.45, 7) is 10.5. The van der Waals surface area contributed by atoms with E-state index in [1.165, 1.54) is 6.07 Å². The van der Waals surface area contributed by atoms with Crippen molar-refractivity contribution < 1.29 is 28.1 Å². The summed E-state index contributed by atoms with van der Waals surface area (Å²) in [5.74, 6) is -0.681. The predicted molar refractivity (Wildman–Crippen MR) is 85.4 cm³/mol. The lowest BCUT2D eigenvalue weighted by Gasteiger charge is -2.21. The van der Waals surface area contributed by atoms with E-state index in [0.717, 1.165) is 16.7 Å². The first-order chi connectivity index (χ1) is 12.0. The summed E-state index contributed by atoms with van der Waals surface area (Å²) in [4.78, 5) is 2.90. The second-order valence-electron chi connectivity index (χ2n) is 7.11. The van der Waals surface area contributed by atoms with Gasteiger partial charge in [-0.2, -0.15) is 13.2 Å². The van der Waals surface area contributed by atoms with Gasteiger partial charge in [-0.15, -0.1) is 0 Å². The van der Waals surface area contributed by atoms with Crippen LogP contribution in [0.2, 0.25) is 0 Å². The van der Waals surface area contributed by atoms with Gasteiger partial charge in [-0.05, 0) is 38.8 Å². The van der Waals surface area contributed by atoms with E-state index in [4.69, 9.17) is 11.3 Å². The summed E-state index contributed by atoms with van der Waals surface area (Å²) in [7, 11) is 0. The molecule has 1 saturated heterocycles. The molecule has 2 aromatic rings. The molecule has 0 saturated carbocycles. The quantitative estimate of drug-likeness (QED) is 0.721. The molecule has 4 rings (SSSR count). The molecular formula is C18H15F3N2O3. The minimum atomic E-state index is -4.73. The lowest BCUT2D eigenvalue weighted by Crippen LogP contribution is -2.17. The second-order valence-corrected chi connectivity index (χ2v) is 7.11. The van der Waals surface area contributed by atoms with E-state index >= 15 is 0 Å². The second kappa shape index (κ2) is 4.74. The van der Waals surface area contributed by atoms with E-state index in [1.807, 2.05) is 0 Å². The van der Waals surface area contributed by atoms with Crippen molar-refractivity contribution in [3.63, 3.8) is 0 Å². The molecule has 2 aliphatic heterocycles. The number of nitrogens with zero attached hydrogens (tertiary/aromatic N) is 2. The molecule has 0 spiro atoms. The Morgan fingerprint density at radius 1 is 1.12 bits per heavy atom. The van der Waals surface area contributed by atoms with Crippen LogP contribution in [0.15, 0.2) is 18.2 Å². The highest BCUT2D eigenvalue weighted by atomic mass is 19.4. The molecule has 1 aromatic carbocycles. The van der Waals surface area contributed by atoms with Gasteiger partial charge in [0.1, 0.15) is 0 Å². The van der Waals surface area contributed by atoms with Crippen LogP contribution >= 0.6 is 0 Å². The van der Waals surface area contributed by atoms with Gasteiger partial charge < -0.3 is 14.9 Å². The Bertz CT molecular complexity index is 950. The van der Waals surface area contributed by atoms with Crippen LogP contribution in [-0.2, 0) is 22.1 Å². The summed E-state index contributed by atoms with van der Waals surface area (Å²) in [6, 6.07) is 3.06. The van der Waals surface area contributed by atoms with Crippen LogP contribution in [0.3, 0.4) is 0 Å². The van der Waals surface area contributed by atoms with Gasteiger partial charge in [-0.25, -0.2) is 4.85 Å². The first-order valence-corrected chi connectivity index (χ1v) is 7.99. The number of alkyl halides is 3. The van der Waals surface area contributed by atoms with Gasteiger partial charge in [0.2, 0.25) is 11.8 Å². The maximum atomic E-state index is 13.3. The molecule has 2 atom stereocenters. The number of aromatic nitrogens is 1. The van der Waals surface area contributed by atoms with Gasteiger partial charge in [-0.3, -0.25) is 4.57 Å². The summed E-state index contributed by atoms with van der Waals surface area (Å²) < 4.78 is 46.7. The topological polar surface area (TPSA) is 59.0 Å². The van der Waals surface area contributed by atoms with E-state index in [2.05, 4.69) is 4.85 Å². The Labute approximate surface area is 147 Å². The largest absolute Gasteiger partial charge is 0.494 e. The van der Waals surface area contributed by atoms with Gasteiger partial charge in [0.25, 0.3) is 0 Å². The third-order valence-corrected chi connectivity index (χ3v) is 5.37. The average Bonchev–Trinajstić information content (AvgIpc) is 3.10. The molecule has 2 aliphatic rings. The van der Waals surface area contributed by atoms with Crippen LogP contribution in [0.5, 0.6) is 11.8 Å². The zero-order valence-corrected chi connectivity index (χ0v) is 14.0. The van der Waals surface area contributed by atoms with E-state index in [-0.39, 0.29) is 17.4 Å². The lowest BCUT2D eigenvalue weighted by molar-refractivity contribution is -0.136. The Kier molecular flexibility index (Phi) is 3.06. The number of rotatable bonds is 1. The number of hydrogen-bond acceptors (Lipinski definition) is 3. The molecule has 1 fully saturated rings. The van der Waals surface area contributed by atoms with Crippen LogP contribution in [0.4, 0.5) is 18.9 Å². The number of ether oxygens (including phenoxy) is 1. The third kappa shape index (κ3) is 1.95. The van der Waals surface area contributed by atoms with E-state index < -0.39 is 28.6 Å². The maximum absolute atomic E-state index is 13.3. The van der Waals surface area contributed by atoms with Crippen molar-refractivity contribution in [3.05, 3.63) is 46.3 Å². The molecule has 2 N–H and O–H groups in total. The number of fused-ring (bicyclic) bond motifs is 5. The van der Waals surface area contributed by atoms with Crippen molar-refractivity contribution in [1.82, 2.24) is 4.57 Å². The highest BCUT2D eigenvalue weighted by molar-refractivity contribution is 5.64. The zero-order valence-electron chi connectivity index (χ0n) is 14.0. The number of aromatic hydroxyl groups is 2. The summed E-state index contributed by atoms with van der Waals surface area (Å²) in [5.41, 5.74) is -2.49. The minimum absolute atomic E-state index is 0.0688. The fourth-order valence-corrected chi connectivity index (χ4v) is 4.21. The Balaban J connectivity index is 1.97. The lowest BCUT2D eigenvalue weighted by atomic mass is 9.80. The first kappa shape index (κ1) is 16.8. The Morgan fingerprint density at radius 3 is 2.12 bits per heavy atom. The van der Waals surface area contributed by atoms with Crippen molar-refractivity contribution in [2.45, 2.75) is 44.1 Å². The number of hydrogen-bond donors (Lipinski definition) is 2. The number of halogens is 3. The molecule has 2 bridgehead atoms.